The van der Waals surface area contributed by atoms with Gasteiger partial charge in [-0.05, 0) is 25.0 Å². The first kappa shape index (κ1) is 17.9. The molecule has 0 spiro atoms. The fourth-order valence-electron chi connectivity index (χ4n) is 1.85. The third-order valence-corrected chi connectivity index (χ3v) is 4.77. The number of anilines is 1. The minimum Gasteiger partial charge on any atom is -0.396 e. The minimum atomic E-state index is -3.44. The lowest BCUT2D eigenvalue weighted by atomic mass is 10.3. The van der Waals surface area contributed by atoms with Gasteiger partial charge < -0.3 is 10.0 Å². The Kier molecular flexibility index (Phi) is 7.66. The lowest BCUT2D eigenvalue weighted by Crippen LogP contribution is -2.40. The van der Waals surface area contributed by atoms with Crippen molar-refractivity contribution in [1.82, 2.24) is 9.03 Å². The van der Waals surface area contributed by atoms with Gasteiger partial charge in [-0.3, -0.25) is 0 Å². The van der Waals surface area contributed by atoms with Gasteiger partial charge in [0, 0.05) is 46.0 Å². The molecular weight excluding hydrogens is 290 g/mol. The summed E-state index contributed by atoms with van der Waals surface area (Å²) in [7, 11) is 0.0500. The summed E-state index contributed by atoms with van der Waals surface area (Å²) in [6.45, 7) is 1.47. The van der Waals surface area contributed by atoms with E-state index in [4.69, 9.17) is 5.11 Å². The van der Waals surface area contributed by atoms with Gasteiger partial charge in [0.2, 0.25) is 0 Å². The maximum absolute atomic E-state index is 11.9. The third kappa shape index (κ3) is 6.43. The number of para-hydroxylation sites is 1. The monoisotopic (exact) mass is 315 g/mol. The van der Waals surface area contributed by atoms with Crippen molar-refractivity contribution in [3.63, 3.8) is 0 Å². The highest BCUT2D eigenvalue weighted by Gasteiger charge is 2.15. The molecule has 0 unspecified atom stereocenters. The first-order valence-corrected chi connectivity index (χ1v) is 8.49. The quantitative estimate of drug-likeness (QED) is 0.622. The molecule has 0 aromatic heterocycles. The highest BCUT2D eigenvalue weighted by molar-refractivity contribution is 7.87. The van der Waals surface area contributed by atoms with E-state index in [-0.39, 0.29) is 6.61 Å². The Labute approximate surface area is 127 Å². The van der Waals surface area contributed by atoms with E-state index >= 15 is 0 Å². The van der Waals surface area contributed by atoms with Crippen LogP contribution in [0.1, 0.15) is 12.8 Å². The standard InChI is InChI=1S/C14H25N3O3S/c1-16(14-8-4-3-5-9-14)11-6-10-15-21(19,20)17(2)12-7-13-18/h3-5,8-9,15,18H,6-7,10-13H2,1-2H3. The van der Waals surface area contributed by atoms with Crippen LogP contribution in [0, 0.1) is 0 Å². The van der Waals surface area contributed by atoms with Crippen LogP contribution in [0.5, 0.6) is 0 Å². The molecule has 2 N–H and O–H groups in total. The zero-order valence-electron chi connectivity index (χ0n) is 12.7. The average Bonchev–Trinajstić information content (AvgIpc) is 2.49. The lowest BCUT2D eigenvalue weighted by molar-refractivity contribution is 0.275. The summed E-state index contributed by atoms with van der Waals surface area (Å²) < 4.78 is 27.5. The van der Waals surface area contributed by atoms with E-state index in [2.05, 4.69) is 9.62 Å². The van der Waals surface area contributed by atoms with E-state index in [1.807, 2.05) is 37.4 Å². The molecule has 1 aromatic rings. The van der Waals surface area contributed by atoms with Gasteiger partial charge in [0.1, 0.15) is 0 Å². The van der Waals surface area contributed by atoms with E-state index in [1.165, 1.54) is 11.4 Å². The molecular formula is C14H25N3O3S. The van der Waals surface area contributed by atoms with Crippen molar-refractivity contribution in [2.75, 3.05) is 45.2 Å². The summed E-state index contributed by atoms with van der Waals surface area (Å²) in [6.07, 6.45) is 1.16. The van der Waals surface area contributed by atoms with Crippen LogP contribution in [0.3, 0.4) is 0 Å². The first-order valence-electron chi connectivity index (χ1n) is 7.05. The lowest BCUT2D eigenvalue weighted by Gasteiger charge is -2.20. The number of aliphatic hydroxyl groups excluding tert-OH is 1. The van der Waals surface area contributed by atoms with Crippen LogP contribution in [-0.4, -0.2) is 58.2 Å². The van der Waals surface area contributed by atoms with Gasteiger partial charge in [0.25, 0.3) is 10.2 Å². The molecule has 0 aliphatic heterocycles. The fourth-order valence-corrected chi connectivity index (χ4v) is 2.84. The topological polar surface area (TPSA) is 72.9 Å². The summed E-state index contributed by atoms with van der Waals surface area (Å²) in [5, 5.41) is 8.72. The van der Waals surface area contributed by atoms with Gasteiger partial charge in [-0.25, -0.2) is 4.72 Å². The van der Waals surface area contributed by atoms with Gasteiger partial charge in [-0.15, -0.1) is 0 Å². The number of aliphatic hydroxyl groups is 1. The van der Waals surface area contributed by atoms with Crippen molar-refractivity contribution >= 4 is 15.9 Å². The molecule has 0 amide bonds. The second-order valence-electron chi connectivity index (χ2n) is 4.91. The molecule has 0 radical (unpaired) electrons. The van der Waals surface area contributed by atoms with E-state index in [9.17, 15) is 8.42 Å². The van der Waals surface area contributed by atoms with Gasteiger partial charge >= 0.3 is 0 Å². The van der Waals surface area contributed by atoms with Crippen molar-refractivity contribution in [1.29, 1.82) is 0 Å². The molecule has 0 bridgehead atoms. The SMILES string of the molecule is CN(CCCNS(=O)(=O)N(C)CCCO)c1ccccc1. The molecule has 0 aliphatic carbocycles. The molecule has 0 aliphatic rings. The summed E-state index contributed by atoms with van der Waals surface area (Å²) in [6, 6.07) is 9.96. The molecule has 0 saturated carbocycles. The predicted octanol–water partition coefficient (Wildman–Crippen LogP) is 0.662. The Morgan fingerprint density at radius 2 is 1.76 bits per heavy atom. The molecule has 7 heteroatoms. The fraction of sp³-hybridized carbons (Fsp3) is 0.571. The van der Waals surface area contributed by atoms with Crippen molar-refractivity contribution in [3.05, 3.63) is 30.3 Å². The van der Waals surface area contributed by atoms with Crippen LogP contribution in [0.25, 0.3) is 0 Å². The Morgan fingerprint density at radius 1 is 1.10 bits per heavy atom. The molecule has 0 fully saturated rings. The van der Waals surface area contributed by atoms with E-state index < -0.39 is 10.2 Å². The van der Waals surface area contributed by atoms with Crippen molar-refractivity contribution in [3.8, 4) is 0 Å². The van der Waals surface area contributed by atoms with Gasteiger partial charge in [-0.1, -0.05) is 18.2 Å². The summed E-state index contributed by atoms with van der Waals surface area (Å²) in [5.74, 6) is 0. The Morgan fingerprint density at radius 3 is 2.38 bits per heavy atom. The molecule has 1 aromatic carbocycles. The van der Waals surface area contributed by atoms with Crippen LogP contribution < -0.4 is 9.62 Å². The number of benzene rings is 1. The van der Waals surface area contributed by atoms with Crippen LogP contribution in [0.15, 0.2) is 30.3 Å². The highest BCUT2D eigenvalue weighted by Crippen LogP contribution is 2.10. The Balaban J connectivity index is 2.30. The number of rotatable bonds is 10. The zero-order chi connectivity index (χ0) is 15.7. The molecule has 6 nitrogen and oxygen atoms in total. The van der Waals surface area contributed by atoms with Crippen LogP contribution in [0.2, 0.25) is 0 Å². The number of hydrogen-bond donors (Lipinski definition) is 2. The normalized spacial score (nSPS) is 11.8. The Bertz CT molecular complexity index is 493. The van der Waals surface area contributed by atoms with E-state index in [0.29, 0.717) is 19.5 Å². The molecule has 1 rings (SSSR count). The zero-order valence-corrected chi connectivity index (χ0v) is 13.5. The molecule has 21 heavy (non-hydrogen) atoms. The molecule has 0 saturated heterocycles. The summed E-state index contributed by atoms with van der Waals surface area (Å²) in [5.41, 5.74) is 1.11. The number of hydrogen-bond acceptors (Lipinski definition) is 4. The largest absolute Gasteiger partial charge is 0.396 e. The van der Waals surface area contributed by atoms with Gasteiger partial charge in [0.15, 0.2) is 0 Å². The van der Waals surface area contributed by atoms with Crippen LogP contribution >= 0.6 is 0 Å². The van der Waals surface area contributed by atoms with E-state index in [1.54, 1.807) is 0 Å². The maximum Gasteiger partial charge on any atom is 0.279 e. The highest BCUT2D eigenvalue weighted by atomic mass is 32.2. The van der Waals surface area contributed by atoms with Gasteiger partial charge in [-0.2, -0.15) is 12.7 Å². The second-order valence-corrected chi connectivity index (χ2v) is 6.77. The summed E-state index contributed by atoms with van der Waals surface area (Å²) in [4.78, 5) is 2.09. The minimum absolute atomic E-state index is 0.0122. The molecule has 120 valence electrons. The smallest absolute Gasteiger partial charge is 0.279 e. The first-order chi connectivity index (χ1) is 9.97. The van der Waals surface area contributed by atoms with Gasteiger partial charge in [0.05, 0.1) is 0 Å². The van der Waals surface area contributed by atoms with Crippen molar-refractivity contribution in [2.45, 2.75) is 12.8 Å². The average molecular weight is 315 g/mol. The van der Waals surface area contributed by atoms with Crippen LogP contribution in [-0.2, 0) is 10.2 Å². The van der Waals surface area contributed by atoms with Crippen LogP contribution in [0.4, 0.5) is 5.69 Å². The number of nitrogens with zero attached hydrogens (tertiary/aromatic N) is 2. The molecule has 0 atom stereocenters. The van der Waals surface area contributed by atoms with E-state index in [0.717, 1.165) is 18.7 Å². The van der Waals surface area contributed by atoms with Crippen molar-refractivity contribution in [2.24, 2.45) is 0 Å². The Hall–Kier alpha value is -1.15. The molecule has 0 heterocycles. The predicted molar refractivity (Wildman–Crippen MR) is 85.6 cm³/mol. The summed E-state index contributed by atoms with van der Waals surface area (Å²) >= 11 is 0. The maximum atomic E-state index is 11.9. The second kappa shape index (κ2) is 8.99. The van der Waals surface area contributed by atoms with Crippen molar-refractivity contribution < 1.29 is 13.5 Å². The third-order valence-electron chi connectivity index (χ3n) is 3.19. The number of nitrogens with one attached hydrogen (secondary N) is 1.